The first-order valence-electron chi connectivity index (χ1n) is 8.57. The zero-order valence-electron chi connectivity index (χ0n) is 14.6. The van der Waals surface area contributed by atoms with Gasteiger partial charge in [0.15, 0.2) is 0 Å². The summed E-state index contributed by atoms with van der Waals surface area (Å²) in [6.07, 6.45) is 2.59. The number of carboxylic acids is 1. The van der Waals surface area contributed by atoms with Gasteiger partial charge in [-0.3, -0.25) is 14.4 Å². The van der Waals surface area contributed by atoms with Crippen molar-refractivity contribution >= 4 is 5.97 Å². The average molecular weight is 327 g/mol. The summed E-state index contributed by atoms with van der Waals surface area (Å²) >= 11 is 0. The first kappa shape index (κ1) is 16.7. The van der Waals surface area contributed by atoms with Crippen molar-refractivity contribution in [2.24, 2.45) is 0 Å². The number of likely N-dealkylation sites (tertiary alicyclic amines) is 1. The molecule has 1 saturated heterocycles. The fourth-order valence-corrected chi connectivity index (χ4v) is 3.66. The number of carbonyl (C=O) groups is 1. The standard InChI is InChI=1S/C19H25N3O2/c1-13-19(15(3)22(20-13)12-18(23)24)17-8-6-16(7-9-17)14(2)21-10-4-5-11-21/h6-9,14H,4-5,10-12H2,1-3H3,(H,23,24)/t14-/m0/s1. The highest BCUT2D eigenvalue weighted by atomic mass is 16.4. The lowest BCUT2D eigenvalue weighted by Gasteiger charge is -2.24. The van der Waals surface area contributed by atoms with E-state index in [1.54, 1.807) is 4.68 Å². The van der Waals surface area contributed by atoms with E-state index in [4.69, 9.17) is 5.11 Å². The van der Waals surface area contributed by atoms with E-state index in [2.05, 4.69) is 41.2 Å². The van der Waals surface area contributed by atoms with E-state index in [9.17, 15) is 4.79 Å². The maximum Gasteiger partial charge on any atom is 0.325 e. The summed E-state index contributed by atoms with van der Waals surface area (Å²) in [5, 5.41) is 13.4. The third-order valence-corrected chi connectivity index (χ3v) is 5.04. The van der Waals surface area contributed by atoms with Crippen LogP contribution in [-0.4, -0.2) is 38.8 Å². The predicted molar refractivity (Wildman–Crippen MR) is 94.0 cm³/mol. The maximum atomic E-state index is 11.0. The van der Waals surface area contributed by atoms with Gasteiger partial charge in [0.1, 0.15) is 6.54 Å². The van der Waals surface area contributed by atoms with Crippen LogP contribution < -0.4 is 0 Å². The summed E-state index contributed by atoms with van der Waals surface area (Å²) in [6.45, 7) is 8.39. The molecule has 5 heteroatoms. The van der Waals surface area contributed by atoms with Crippen molar-refractivity contribution in [3.05, 3.63) is 41.2 Å². The summed E-state index contributed by atoms with van der Waals surface area (Å²) in [5.74, 6) is -0.873. The monoisotopic (exact) mass is 327 g/mol. The van der Waals surface area contributed by atoms with Crippen molar-refractivity contribution in [1.29, 1.82) is 0 Å². The molecule has 2 heterocycles. The third-order valence-electron chi connectivity index (χ3n) is 5.04. The lowest BCUT2D eigenvalue weighted by Crippen LogP contribution is -2.23. The minimum atomic E-state index is -0.873. The number of benzene rings is 1. The van der Waals surface area contributed by atoms with Crippen molar-refractivity contribution in [1.82, 2.24) is 14.7 Å². The van der Waals surface area contributed by atoms with Gasteiger partial charge >= 0.3 is 5.97 Å². The average Bonchev–Trinajstić information content (AvgIpc) is 3.16. The molecule has 1 aliphatic heterocycles. The number of aliphatic carboxylic acids is 1. The number of carboxylic acid groups (broad SMARTS) is 1. The Hall–Kier alpha value is -2.14. The molecule has 0 unspecified atom stereocenters. The topological polar surface area (TPSA) is 58.4 Å². The van der Waals surface area contributed by atoms with Crippen LogP contribution in [-0.2, 0) is 11.3 Å². The fraction of sp³-hybridized carbons (Fsp3) is 0.474. The predicted octanol–water partition coefficient (Wildman–Crippen LogP) is 3.41. The van der Waals surface area contributed by atoms with Crippen molar-refractivity contribution < 1.29 is 9.90 Å². The fourth-order valence-electron chi connectivity index (χ4n) is 3.66. The lowest BCUT2D eigenvalue weighted by molar-refractivity contribution is -0.137. The minimum Gasteiger partial charge on any atom is -0.480 e. The van der Waals surface area contributed by atoms with Gasteiger partial charge in [-0.1, -0.05) is 24.3 Å². The van der Waals surface area contributed by atoms with Gasteiger partial charge in [0.25, 0.3) is 0 Å². The van der Waals surface area contributed by atoms with Crippen LogP contribution in [0.2, 0.25) is 0 Å². The third kappa shape index (κ3) is 3.22. The van der Waals surface area contributed by atoms with E-state index >= 15 is 0 Å². The van der Waals surface area contributed by atoms with Crippen LogP contribution in [0.1, 0.15) is 42.8 Å². The van der Waals surface area contributed by atoms with Gasteiger partial charge < -0.3 is 5.11 Å². The van der Waals surface area contributed by atoms with Gasteiger partial charge in [0, 0.05) is 17.3 Å². The Morgan fingerprint density at radius 3 is 2.42 bits per heavy atom. The van der Waals surface area contributed by atoms with Gasteiger partial charge in [0.2, 0.25) is 0 Å². The largest absolute Gasteiger partial charge is 0.480 e. The number of hydrogen-bond acceptors (Lipinski definition) is 3. The van der Waals surface area contributed by atoms with Crippen molar-refractivity contribution in [2.75, 3.05) is 13.1 Å². The van der Waals surface area contributed by atoms with Crippen LogP contribution >= 0.6 is 0 Å². The highest BCUT2D eigenvalue weighted by molar-refractivity contribution is 5.71. The Labute approximate surface area is 142 Å². The van der Waals surface area contributed by atoms with Gasteiger partial charge in [-0.15, -0.1) is 0 Å². The van der Waals surface area contributed by atoms with Crippen LogP contribution in [0.5, 0.6) is 0 Å². The second kappa shape index (κ2) is 6.77. The first-order chi connectivity index (χ1) is 11.5. The minimum absolute atomic E-state index is 0.100. The molecule has 0 aliphatic carbocycles. The Morgan fingerprint density at radius 1 is 1.21 bits per heavy atom. The molecule has 2 aromatic rings. The highest BCUT2D eigenvalue weighted by Gasteiger charge is 2.20. The van der Waals surface area contributed by atoms with E-state index in [1.165, 1.54) is 31.5 Å². The Kier molecular flexibility index (Phi) is 4.71. The molecule has 1 aliphatic rings. The summed E-state index contributed by atoms with van der Waals surface area (Å²) in [7, 11) is 0. The molecule has 1 fully saturated rings. The molecule has 1 N–H and O–H groups in total. The Morgan fingerprint density at radius 2 is 1.83 bits per heavy atom. The first-order valence-corrected chi connectivity index (χ1v) is 8.57. The zero-order valence-corrected chi connectivity index (χ0v) is 14.6. The van der Waals surface area contributed by atoms with Crippen molar-refractivity contribution in [3.8, 4) is 11.1 Å². The summed E-state index contributed by atoms with van der Waals surface area (Å²) < 4.78 is 1.56. The van der Waals surface area contributed by atoms with E-state index in [1.807, 2.05) is 13.8 Å². The molecule has 0 radical (unpaired) electrons. The molecule has 5 nitrogen and oxygen atoms in total. The number of rotatable bonds is 5. The molecule has 0 saturated carbocycles. The van der Waals surface area contributed by atoms with Gasteiger partial charge in [-0.25, -0.2) is 0 Å². The van der Waals surface area contributed by atoms with Crippen molar-refractivity contribution in [3.63, 3.8) is 0 Å². The molecule has 1 aromatic heterocycles. The van der Waals surface area contributed by atoms with E-state index < -0.39 is 5.97 Å². The number of nitrogens with zero attached hydrogens (tertiary/aromatic N) is 3. The molecule has 24 heavy (non-hydrogen) atoms. The molecule has 1 aromatic carbocycles. The summed E-state index contributed by atoms with van der Waals surface area (Å²) in [4.78, 5) is 13.5. The van der Waals surface area contributed by atoms with Crippen LogP contribution in [0.25, 0.3) is 11.1 Å². The molecule has 0 bridgehead atoms. The van der Waals surface area contributed by atoms with E-state index in [-0.39, 0.29) is 6.54 Å². The van der Waals surface area contributed by atoms with Gasteiger partial charge in [-0.05, 0) is 57.8 Å². The van der Waals surface area contributed by atoms with Gasteiger partial charge in [-0.2, -0.15) is 5.10 Å². The number of aromatic nitrogens is 2. The Balaban J connectivity index is 1.85. The second-order valence-corrected chi connectivity index (χ2v) is 6.64. The van der Waals surface area contributed by atoms with Crippen molar-refractivity contribution in [2.45, 2.75) is 46.2 Å². The van der Waals surface area contributed by atoms with E-state index in [0.29, 0.717) is 6.04 Å². The zero-order chi connectivity index (χ0) is 17.3. The number of hydrogen-bond donors (Lipinski definition) is 1. The van der Waals surface area contributed by atoms with Crippen LogP contribution in [0.3, 0.4) is 0 Å². The smallest absolute Gasteiger partial charge is 0.325 e. The van der Waals surface area contributed by atoms with Crippen LogP contribution in [0.4, 0.5) is 0 Å². The quantitative estimate of drug-likeness (QED) is 0.914. The lowest BCUT2D eigenvalue weighted by atomic mass is 9.99. The SMILES string of the molecule is Cc1nn(CC(=O)O)c(C)c1-c1ccc([C@H](C)N2CCCC2)cc1. The Bertz CT molecular complexity index is 728. The summed E-state index contributed by atoms with van der Waals surface area (Å²) in [6, 6.07) is 9.07. The molecular formula is C19H25N3O2. The second-order valence-electron chi connectivity index (χ2n) is 6.64. The van der Waals surface area contributed by atoms with Crippen LogP contribution in [0, 0.1) is 13.8 Å². The molecular weight excluding hydrogens is 302 g/mol. The van der Waals surface area contributed by atoms with E-state index in [0.717, 1.165) is 22.5 Å². The molecule has 128 valence electrons. The highest BCUT2D eigenvalue weighted by Crippen LogP contribution is 2.30. The van der Waals surface area contributed by atoms with Crippen LogP contribution in [0.15, 0.2) is 24.3 Å². The summed E-state index contributed by atoms with van der Waals surface area (Å²) in [5.41, 5.74) is 5.23. The molecule has 0 amide bonds. The normalized spacial score (nSPS) is 16.5. The van der Waals surface area contributed by atoms with Gasteiger partial charge in [0.05, 0.1) is 5.69 Å². The molecule has 3 rings (SSSR count). The number of aryl methyl sites for hydroxylation is 1. The maximum absolute atomic E-state index is 11.0. The molecule has 1 atom stereocenters. The molecule has 0 spiro atoms.